The van der Waals surface area contributed by atoms with Crippen LogP contribution >= 0.6 is 35.0 Å². The molecule has 14 heavy (non-hydrogen) atoms. The minimum atomic E-state index is 0.640. The van der Waals surface area contributed by atoms with Crippen molar-refractivity contribution in [2.24, 2.45) is 0 Å². The summed E-state index contributed by atoms with van der Waals surface area (Å²) >= 11 is 13.3. The molecule has 0 aliphatic rings. The lowest BCUT2D eigenvalue weighted by atomic mass is 10.4. The smallest absolute Gasteiger partial charge is 0.123 e. The van der Waals surface area contributed by atoms with Gasteiger partial charge in [0.15, 0.2) is 0 Å². The molecule has 0 saturated carbocycles. The number of hydrogen-bond donors (Lipinski definition) is 1. The van der Waals surface area contributed by atoms with Crippen molar-refractivity contribution in [2.75, 3.05) is 0 Å². The number of benzene rings is 1. The van der Waals surface area contributed by atoms with Gasteiger partial charge < -0.3 is 0 Å². The largest absolute Gasteiger partial charge is 0.285 e. The predicted molar refractivity (Wildman–Crippen MR) is 59.2 cm³/mol. The highest BCUT2D eigenvalue weighted by Gasteiger charge is 2.04. The Balaban J connectivity index is 2.25. The maximum absolute atomic E-state index is 6.00. The maximum atomic E-state index is 6.00. The van der Waals surface area contributed by atoms with Gasteiger partial charge in [0.05, 0.1) is 5.02 Å². The second-order valence-electron chi connectivity index (χ2n) is 2.59. The summed E-state index contributed by atoms with van der Waals surface area (Å²) in [6, 6.07) is 7.29. The molecule has 0 unspecified atom stereocenters. The minimum absolute atomic E-state index is 0.640. The SMILES string of the molecule is Clc1ccc(Sc2cc[nH]n2)c(Cl)c1. The van der Waals surface area contributed by atoms with Crippen molar-refractivity contribution in [1.82, 2.24) is 10.2 Å². The van der Waals surface area contributed by atoms with Crippen molar-refractivity contribution in [3.63, 3.8) is 0 Å². The van der Waals surface area contributed by atoms with Crippen LogP contribution in [0.5, 0.6) is 0 Å². The Morgan fingerprint density at radius 1 is 1.21 bits per heavy atom. The Hall–Kier alpha value is -0.640. The standard InChI is InChI=1S/C9H6Cl2N2S/c10-6-1-2-8(7(11)5-6)14-9-3-4-12-13-9/h1-5H,(H,12,13). The van der Waals surface area contributed by atoms with E-state index < -0.39 is 0 Å². The van der Waals surface area contributed by atoms with E-state index in [9.17, 15) is 0 Å². The molecule has 1 N–H and O–H groups in total. The minimum Gasteiger partial charge on any atom is -0.285 e. The first-order valence-corrected chi connectivity index (χ1v) is 5.45. The normalized spacial score (nSPS) is 10.4. The Bertz CT molecular complexity index is 428. The second-order valence-corrected chi connectivity index (χ2v) is 4.50. The summed E-state index contributed by atoms with van der Waals surface area (Å²) < 4.78 is 0. The number of nitrogens with one attached hydrogen (secondary N) is 1. The van der Waals surface area contributed by atoms with Crippen LogP contribution in [0.15, 0.2) is 40.4 Å². The highest BCUT2D eigenvalue weighted by atomic mass is 35.5. The molecule has 0 amide bonds. The van der Waals surface area contributed by atoms with Gasteiger partial charge in [0, 0.05) is 16.1 Å². The van der Waals surface area contributed by atoms with E-state index in [1.54, 1.807) is 12.3 Å². The molecule has 0 fully saturated rings. The Morgan fingerprint density at radius 3 is 2.71 bits per heavy atom. The fraction of sp³-hybridized carbons (Fsp3) is 0. The number of halogens is 2. The van der Waals surface area contributed by atoms with Crippen LogP contribution in [0, 0.1) is 0 Å². The molecule has 1 heterocycles. The summed E-state index contributed by atoms with van der Waals surface area (Å²) in [5.41, 5.74) is 0. The lowest BCUT2D eigenvalue weighted by Gasteiger charge is -2.01. The van der Waals surface area contributed by atoms with Crippen LogP contribution < -0.4 is 0 Å². The lowest BCUT2D eigenvalue weighted by Crippen LogP contribution is -1.76. The molecular formula is C9H6Cl2N2S. The number of H-pyrrole nitrogens is 1. The van der Waals surface area contributed by atoms with Gasteiger partial charge in [0.25, 0.3) is 0 Å². The van der Waals surface area contributed by atoms with E-state index in [1.165, 1.54) is 11.8 Å². The van der Waals surface area contributed by atoms with Crippen molar-refractivity contribution in [1.29, 1.82) is 0 Å². The number of aromatic amines is 1. The molecule has 0 bridgehead atoms. The molecule has 2 rings (SSSR count). The third-order valence-electron chi connectivity index (χ3n) is 1.58. The van der Waals surface area contributed by atoms with Crippen LogP contribution in [0.3, 0.4) is 0 Å². The van der Waals surface area contributed by atoms with Crippen LogP contribution in [0.2, 0.25) is 10.0 Å². The van der Waals surface area contributed by atoms with Crippen molar-refractivity contribution in [3.8, 4) is 0 Å². The fourth-order valence-electron chi connectivity index (χ4n) is 0.974. The van der Waals surface area contributed by atoms with E-state index in [0.717, 1.165) is 9.92 Å². The molecule has 0 spiro atoms. The number of aromatic nitrogens is 2. The molecule has 0 aliphatic heterocycles. The van der Waals surface area contributed by atoms with Crippen molar-refractivity contribution in [3.05, 3.63) is 40.5 Å². The summed E-state index contributed by atoms with van der Waals surface area (Å²) in [5, 5.41) is 8.93. The van der Waals surface area contributed by atoms with Crippen LogP contribution in [-0.4, -0.2) is 10.2 Å². The molecule has 0 radical (unpaired) electrons. The van der Waals surface area contributed by atoms with Crippen molar-refractivity contribution >= 4 is 35.0 Å². The van der Waals surface area contributed by atoms with Crippen LogP contribution in [0.1, 0.15) is 0 Å². The quantitative estimate of drug-likeness (QED) is 0.869. The van der Waals surface area contributed by atoms with Crippen LogP contribution in [-0.2, 0) is 0 Å². The third-order valence-corrected chi connectivity index (χ3v) is 3.26. The predicted octanol–water partition coefficient (Wildman–Crippen LogP) is 3.87. The Kier molecular flexibility index (Phi) is 3.01. The molecule has 72 valence electrons. The monoisotopic (exact) mass is 244 g/mol. The summed E-state index contributed by atoms with van der Waals surface area (Å²) in [5.74, 6) is 0. The Labute approximate surface area is 95.6 Å². The molecular weight excluding hydrogens is 239 g/mol. The second kappa shape index (κ2) is 4.26. The van der Waals surface area contributed by atoms with Gasteiger partial charge in [-0.25, -0.2) is 0 Å². The van der Waals surface area contributed by atoms with Gasteiger partial charge in [0.1, 0.15) is 5.03 Å². The van der Waals surface area contributed by atoms with Gasteiger partial charge >= 0.3 is 0 Å². The van der Waals surface area contributed by atoms with Gasteiger partial charge in [-0.2, -0.15) is 5.10 Å². The van der Waals surface area contributed by atoms with Gasteiger partial charge in [-0.3, -0.25) is 5.10 Å². The first kappa shape index (κ1) is 9.90. The molecule has 2 aromatic rings. The highest BCUT2D eigenvalue weighted by Crippen LogP contribution is 2.33. The van der Waals surface area contributed by atoms with Gasteiger partial charge in [-0.1, -0.05) is 35.0 Å². The molecule has 0 saturated heterocycles. The van der Waals surface area contributed by atoms with Gasteiger partial charge in [-0.05, 0) is 24.3 Å². The van der Waals surface area contributed by atoms with E-state index in [0.29, 0.717) is 10.0 Å². The fourth-order valence-corrected chi connectivity index (χ4v) is 2.25. The van der Waals surface area contributed by atoms with E-state index in [1.807, 2.05) is 18.2 Å². The summed E-state index contributed by atoms with van der Waals surface area (Å²) in [7, 11) is 0. The van der Waals surface area contributed by atoms with Gasteiger partial charge in [0.2, 0.25) is 0 Å². The molecule has 5 heteroatoms. The molecule has 1 aromatic carbocycles. The number of hydrogen-bond acceptors (Lipinski definition) is 2. The van der Waals surface area contributed by atoms with Crippen LogP contribution in [0.4, 0.5) is 0 Å². The first-order chi connectivity index (χ1) is 6.75. The van der Waals surface area contributed by atoms with Crippen LogP contribution in [0.25, 0.3) is 0 Å². The molecule has 0 atom stereocenters. The van der Waals surface area contributed by atoms with Gasteiger partial charge in [-0.15, -0.1) is 0 Å². The van der Waals surface area contributed by atoms with E-state index in [4.69, 9.17) is 23.2 Å². The topological polar surface area (TPSA) is 28.7 Å². The Morgan fingerprint density at radius 2 is 2.07 bits per heavy atom. The van der Waals surface area contributed by atoms with Crippen molar-refractivity contribution in [2.45, 2.75) is 9.92 Å². The summed E-state index contributed by atoms with van der Waals surface area (Å²) in [4.78, 5) is 0.947. The third kappa shape index (κ3) is 2.23. The van der Waals surface area contributed by atoms with E-state index >= 15 is 0 Å². The first-order valence-electron chi connectivity index (χ1n) is 3.88. The zero-order valence-corrected chi connectivity index (χ0v) is 9.33. The average Bonchev–Trinajstić information content (AvgIpc) is 2.62. The van der Waals surface area contributed by atoms with Crippen molar-refractivity contribution < 1.29 is 0 Å². The zero-order chi connectivity index (χ0) is 9.97. The summed E-state index contributed by atoms with van der Waals surface area (Å²) in [6.07, 6.45) is 1.77. The number of rotatable bonds is 2. The lowest BCUT2D eigenvalue weighted by molar-refractivity contribution is 1.00. The molecule has 2 nitrogen and oxygen atoms in total. The average molecular weight is 245 g/mol. The van der Waals surface area contributed by atoms with E-state index in [2.05, 4.69) is 10.2 Å². The number of nitrogens with zero attached hydrogens (tertiary/aromatic N) is 1. The molecule has 0 aliphatic carbocycles. The zero-order valence-electron chi connectivity index (χ0n) is 7.00. The maximum Gasteiger partial charge on any atom is 0.123 e. The summed E-state index contributed by atoms with van der Waals surface area (Å²) in [6.45, 7) is 0. The molecule has 1 aromatic heterocycles. The highest BCUT2D eigenvalue weighted by molar-refractivity contribution is 7.99. The van der Waals surface area contributed by atoms with E-state index in [-0.39, 0.29) is 0 Å².